The number of amides is 1. The lowest BCUT2D eigenvalue weighted by molar-refractivity contribution is -0.157. The number of aromatic nitrogens is 2. The van der Waals surface area contributed by atoms with E-state index < -0.39 is 23.2 Å². The van der Waals surface area contributed by atoms with Crippen molar-refractivity contribution in [1.29, 1.82) is 0 Å². The van der Waals surface area contributed by atoms with Crippen LogP contribution < -0.4 is 5.32 Å². The molecule has 0 aliphatic carbocycles. The standard InChI is InChI=1S/C22H17F2N3O4/c1-22(31,21(29)30)12-7-5-11(6-8-12)9-15-18-16(10-25-20(18)28)27-19(26-15)17-13(23)3-2-4-14(17)24/h2-8,31H,9-10H2,1H3,(H,25,28)(H,29,30)/t22-/m0/s1. The van der Waals surface area contributed by atoms with Gasteiger partial charge in [0.1, 0.15) is 11.6 Å². The Balaban J connectivity index is 1.76. The number of nitrogens with zero attached hydrogens (tertiary/aromatic N) is 2. The highest BCUT2D eigenvalue weighted by Crippen LogP contribution is 2.28. The fourth-order valence-corrected chi connectivity index (χ4v) is 3.42. The van der Waals surface area contributed by atoms with E-state index in [1.807, 2.05) is 0 Å². The average molecular weight is 425 g/mol. The van der Waals surface area contributed by atoms with Crippen molar-refractivity contribution < 1.29 is 28.6 Å². The number of hydrogen-bond acceptors (Lipinski definition) is 5. The third-order valence-corrected chi connectivity index (χ3v) is 5.19. The van der Waals surface area contributed by atoms with E-state index in [0.717, 1.165) is 12.1 Å². The second-order valence-electron chi connectivity index (χ2n) is 7.35. The summed E-state index contributed by atoms with van der Waals surface area (Å²) in [6.45, 7) is 1.29. The van der Waals surface area contributed by atoms with Gasteiger partial charge < -0.3 is 15.5 Å². The summed E-state index contributed by atoms with van der Waals surface area (Å²) < 4.78 is 28.5. The molecule has 0 unspecified atom stereocenters. The molecule has 2 heterocycles. The van der Waals surface area contributed by atoms with Crippen molar-refractivity contribution in [2.24, 2.45) is 0 Å². The number of aliphatic hydroxyl groups is 1. The zero-order chi connectivity index (χ0) is 22.3. The van der Waals surface area contributed by atoms with Crippen molar-refractivity contribution in [3.05, 3.63) is 82.2 Å². The Morgan fingerprint density at radius 3 is 2.35 bits per heavy atom. The van der Waals surface area contributed by atoms with Crippen LogP contribution in [0.4, 0.5) is 8.78 Å². The number of carbonyl (C=O) groups excluding carboxylic acids is 1. The molecule has 31 heavy (non-hydrogen) atoms. The van der Waals surface area contributed by atoms with Crippen molar-refractivity contribution in [2.75, 3.05) is 0 Å². The highest BCUT2D eigenvalue weighted by Gasteiger charge is 2.32. The fourth-order valence-electron chi connectivity index (χ4n) is 3.42. The van der Waals surface area contributed by atoms with Crippen LogP contribution in [0.15, 0.2) is 42.5 Å². The summed E-state index contributed by atoms with van der Waals surface area (Å²) >= 11 is 0. The number of nitrogens with one attached hydrogen (secondary N) is 1. The molecule has 4 rings (SSSR count). The Bertz CT molecular complexity index is 1190. The first-order chi connectivity index (χ1) is 14.7. The van der Waals surface area contributed by atoms with Gasteiger partial charge in [0.2, 0.25) is 0 Å². The van der Waals surface area contributed by atoms with E-state index in [9.17, 15) is 23.5 Å². The third-order valence-electron chi connectivity index (χ3n) is 5.19. The van der Waals surface area contributed by atoms with Gasteiger partial charge in [-0.05, 0) is 30.2 Å². The molecule has 0 bridgehead atoms. The molecule has 0 fully saturated rings. The molecule has 0 saturated carbocycles. The summed E-state index contributed by atoms with van der Waals surface area (Å²) in [4.78, 5) is 32.0. The van der Waals surface area contributed by atoms with Gasteiger partial charge in [-0.15, -0.1) is 0 Å². The van der Waals surface area contributed by atoms with Crippen molar-refractivity contribution in [2.45, 2.75) is 25.5 Å². The third kappa shape index (κ3) is 3.64. The van der Waals surface area contributed by atoms with Crippen LogP contribution in [0, 0.1) is 11.6 Å². The number of hydrogen-bond donors (Lipinski definition) is 3. The summed E-state index contributed by atoms with van der Waals surface area (Å²) in [7, 11) is 0. The minimum absolute atomic E-state index is 0.118. The molecule has 0 radical (unpaired) electrons. The maximum absolute atomic E-state index is 14.3. The predicted octanol–water partition coefficient (Wildman–Crippen LogP) is 2.55. The zero-order valence-electron chi connectivity index (χ0n) is 16.3. The maximum atomic E-state index is 14.3. The SMILES string of the molecule is C[C@@](O)(C(=O)O)c1ccc(Cc2nc(-c3c(F)cccc3F)nc3c2C(=O)NC3)cc1. The number of rotatable bonds is 5. The van der Waals surface area contributed by atoms with Gasteiger partial charge in [0, 0.05) is 6.42 Å². The Kier molecular flexibility index (Phi) is 4.98. The molecule has 3 N–H and O–H groups in total. The highest BCUT2D eigenvalue weighted by molar-refractivity contribution is 5.99. The fraction of sp³-hybridized carbons (Fsp3) is 0.182. The highest BCUT2D eigenvalue weighted by atomic mass is 19.1. The van der Waals surface area contributed by atoms with Crippen LogP contribution in [0.5, 0.6) is 0 Å². The van der Waals surface area contributed by atoms with Gasteiger partial charge in [-0.1, -0.05) is 30.3 Å². The molecular weight excluding hydrogens is 408 g/mol. The smallest absolute Gasteiger partial charge is 0.340 e. The van der Waals surface area contributed by atoms with Crippen molar-refractivity contribution in [3.8, 4) is 11.4 Å². The molecule has 158 valence electrons. The number of carboxylic acid groups (broad SMARTS) is 1. The van der Waals surface area contributed by atoms with E-state index in [1.54, 1.807) is 12.1 Å². The second kappa shape index (κ2) is 7.51. The van der Waals surface area contributed by atoms with Crippen LogP contribution in [0.1, 0.15) is 39.8 Å². The number of aliphatic carboxylic acids is 1. The largest absolute Gasteiger partial charge is 0.479 e. The molecule has 9 heteroatoms. The van der Waals surface area contributed by atoms with E-state index in [0.29, 0.717) is 11.3 Å². The lowest BCUT2D eigenvalue weighted by Gasteiger charge is -2.18. The Morgan fingerprint density at radius 2 is 1.74 bits per heavy atom. The number of carboxylic acids is 1. The van der Waals surface area contributed by atoms with Crippen LogP contribution in [-0.2, 0) is 23.4 Å². The maximum Gasteiger partial charge on any atom is 0.340 e. The predicted molar refractivity (Wildman–Crippen MR) is 105 cm³/mol. The number of benzene rings is 2. The molecule has 0 saturated heterocycles. The molecule has 1 atom stereocenters. The minimum Gasteiger partial charge on any atom is -0.479 e. The summed E-state index contributed by atoms with van der Waals surface area (Å²) in [5, 5.41) is 21.9. The van der Waals surface area contributed by atoms with Gasteiger partial charge >= 0.3 is 5.97 Å². The first-order valence-electron chi connectivity index (χ1n) is 9.36. The first kappa shape index (κ1) is 20.5. The topological polar surface area (TPSA) is 112 Å². The van der Waals surface area contributed by atoms with Gasteiger partial charge in [0.05, 0.1) is 29.1 Å². The molecule has 2 aromatic carbocycles. The molecular formula is C22H17F2N3O4. The van der Waals surface area contributed by atoms with Crippen LogP contribution in [0.3, 0.4) is 0 Å². The molecule has 3 aromatic rings. The van der Waals surface area contributed by atoms with E-state index >= 15 is 0 Å². The molecule has 1 aliphatic heterocycles. The van der Waals surface area contributed by atoms with Gasteiger partial charge in [0.25, 0.3) is 5.91 Å². The summed E-state index contributed by atoms with van der Waals surface area (Å²) in [6.07, 6.45) is 0.136. The number of fused-ring (bicyclic) bond motifs is 1. The number of carbonyl (C=O) groups is 2. The Labute approximate surface area is 175 Å². The second-order valence-corrected chi connectivity index (χ2v) is 7.35. The molecule has 1 amide bonds. The molecule has 1 aromatic heterocycles. The van der Waals surface area contributed by atoms with E-state index in [1.165, 1.54) is 25.1 Å². The lowest BCUT2D eigenvalue weighted by Crippen LogP contribution is -2.31. The van der Waals surface area contributed by atoms with Crippen LogP contribution in [-0.4, -0.2) is 32.1 Å². The van der Waals surface area contributed by atoms with Crippen molar-refractivity contribution in [1.82, 2.24) is 15.3 Å². The van der Waals surface area contributed by atoms with E-state index in [2.05, 4.69) is 15.3 Å². The first-order valence-corrected chi connectivity index (χ1v) is 9.36. The van der Waals surface area contributed by atoms with E-state index in [4.69, 9.17) is 5.11 Å². The van der Waals surface area contributed by atoms with E-state index in [-0.39, 0.29) is 47.1 Å². The Hall–Kier alpha value is -3.72. The summed E-state index contributed by atoms with van der Waals surface area (Å²) in [5.74, 6) is -3.56. The normalized spacial score (nSPS) is 14.6. The lowest BCUT2D eigenvalue weighted by atomic mass is 9.94. The monoisotopic (exact) mass is 425 g/mol. The Morgan fingerprint density at radius 1 is 1.10 bits per heavy atom. The molecule has 1 aliphatic rings. The minimum atomic E-state index is -2.05. The van der Waals surface area contributed by atoms with Crippen LogP contribution in [0.2, 0.25) is 0 Å². The molecule has 7 nitrogen and oxygen atoms in total. The van der Waals surface area contributed by atoms with Crippen LogP contribution >= 0.6 is 0 Å². The van der Waals surface area contributed by atoms with Gasteiger partial charge in [-0.3, -0.25) is 4.79 Å². The number of halogens is 2. The van der Waals surface area contributed by atoms with Gasteiger partial charge in [-0.25, -0.2) is 23.5 Å². The van der Waals surface area contributed by atoms with Crippen molar-refractivity contribution >= 4 is 11.9 Å². The summed E-state index contributed by atoms with van der Waals surface area (Å²) in [6, 6.07) is 9.55. The quantitative estimate of drug-likeness (QED) is 0.579. The zero-order valence-corrected chi connectivity index (χ0v) is 16.3. The van der Waals surface area contributed by atoms with Gasteiger partial charge in [0.15, 0.2) is 11.4 Å². The average Bonchev–Trinajstić information content (AvgIpc) is 3.09. The van der Waals surface area contributed by atoms with Crippen LogP contribution in [0.25, 0.3) is 11.4 Å². The van der Waals surface area contributed by atoms with Gasteiger partial charge in [-0.2, -0.15) is 0 Å². The molecule has 0 spiro atoms. The van der Waals surface area contributed by atoms with Crippen molar-refractivity contribution in [3.63, 3.8) is 0 Å². The summed E-state index contributed by atoms with van der Waals surface area (Å²) in [5.41, 5.74) is -0.701.